The van der Waals surface area contributed by atoms with Gasteiger partial charge in [0.05, 0.1) is 40.9 Å². The molecule has 3 heterocycles. The van der Waals surface area contributed by atoms with Gasteiger partial charge in [0, 0.05) is 33.0 Å². The molecule has 0 spiro atoms. The number of aliphatic imine (C=N–C) groups is 2. The van der Waals surface area contributed by atoms with Gasteiger partial charge in [-0.05, 0) is 64.0 Å². The van der Waals surface area contributed by atoms with E-state index in [0.29, 0.717) is 43.2 Å². The first-order chi connectivity index (χ1) is 19.4. The predicted molar refractivity (Wildman–Crippen MR) is 151 cm³/mol. The second-order valence-corrected chi connectivity index (χ2v) is 12.8. The average Bonchev–Trinajstić information content (AvgIpc) is 3.29. The molecule has 0 bridgehead atoms. The van der Waals surface area contributed by atoms with Gasteiger partial charge in [-0.2, -0.15) is 5.26 Å². The number of rotatable bonds is 8. The normalized spacial score (nSPS) is 21.2. The lowest BCUT2D eigenvalue weighted by Crippen LogP contribution is -2.58. The maximum Gasteiger partial charge on any atom is 0.410 e. The minimum Gasteiger partial charge on any atom is -0.444 e. The zero-order chi connectivity index (χ0) is 29.8. The molecule has 2 fully saturated rings. The Morgan fingerprint density at radius 3 is 2.56 bits per heavy atom. The van der Waals surface area contributed by atoms with Crippen LogP contribution in [0.2, 0.25) is 0 Å². The summed E-state index contributed by atoms with van der Waals surface area (Å²) in [5, 5.41) is 11.6. The molecule has 0 aliphatic carbocycles. The van der Waals surface area contributed by atoms with E-state index in [2.05, 4.69) is 26.2 Å². The van der Waals surface area contributed by atoms with Crippen molar-refractivity contribution in [2.24, 2.45) is 15.9 Å². The third-order valence-electron chi connectivity index (χ3n) is 6.97. The molecule has 3 aliphatic heterocycles. The second kappa shape index (κ2) is 12.0. The van der Waals surface area contributed by atoms with Crippen LogP contribution < -0.4 is 10.1 Å². The van der Waals surface area contributed by atoms with Crippen molar-refractivity contribution >= 4 is 39.8 Å². The summed E-state index contributed by atoms with van der Waals surface area (Å²) in [5.41, 5.74) is 2.96. The highest BCUT2D eigenvalue weighted by Gasteiger charge is 2.50. The zero-order valence-corrected chi connectivity index (χ0v) is 24.4. The van der Waals surface area contributed by atoms with Gasteiger partial charge >= 0.3 is 6.09 Å². The predicted octanol–water partition coefficient (Wildman–Crippen LogP) is 2.26. The molecule has 41 heavy (non-hydrogen) atoms. The molecule has 1 aromatic carbocycles. The summed E-state index contributed by atoms with van der Waals surface area (Å²) < 4.78 is 37.9. The molecule has 2 N–H and O–H groups in total. The van der Waals surface area contributed by atoms with Crippen LogP contribution >= 0.6 is 0 Å². The number of hydrogen-bond donors (Lipinski definition) is 2. The van der Waals surface area contributed by atoms with Crippen LogP contribution in [0.25, 0.3) is 0 Å². The molecule has 4 rings (SSSR count). The topological polar surface area (TPSA) is 166 Å². The molecule has 14 heteroatoms. The molecular weight excluding hydrogens is 550 g/mol. The smallest absolute Gasteiger partial charge is 0.410 e. The summed E-state index contributed by atoms with van der Waals surface area (Å²) in [5.74, 6) is -0.895. The first-order valence-electron chi connectivity index (χ1n) is 13.3. The summed E-state index contributed by atoms with van der Waals surface area (Å²) in [6, 6.07) is 8.24. The van der Waals surface area contributed by atoms with E-state index < -0.39 is 39.1 Å². The van der Waals surface area contributed by atoms with E-state index in [1.165, 1.54) is 25.5 Å². The number of carbonyl (C=O) groups excluding carboxylic acids is 2. The van der Waals surface area contributed by atoms with Crippen LogP contribution in [0.1, 0.15) is 40.0 Å². The van der Waals surface area contributed by atoms with Crippen molar-refractivity contribution in [1.29, 1.82) is 5.26 Å². The Hall–Kier alpha value is -3.80. The number of hydrogen-bond acceptors (Lipinski definition) is 9. The molecule has 2 amide bonds. The van der Waals surface area contributed by atoms with Crippen LogP contribution in [-0.2, 0) is 24.3 Å². The fourth-order valence-electron chi connectivity index (χ4n) is 4.93. The highest BCUT2D eigenvalue weighted by atomic mass is 32.2. The van der Waals surface area contributed by atoms with E-state index in [1.54, 1.807) is 23.1 Å². The Bertz CT molecular complexity index is 1400. The third kappa shape index (κ3) is 6.75. The van der Waals surface area contributed by atoms with E-state index in [0.717, 1.165) is 0 Å². The summed E-state index contributed by atoms with van der Waals surface area (Å²) in [7, 11) is -2.23. The fourth-order valence-corrected chi connectivity index (χ4v) is 5.94. The number of hydrazine groups is 1. The number of allylic oxidation sites excluding steroid dienone is 1. The molecule has 0 aromatic heterocycles. The number of sulfonamides is 1. The van der Waals surface area contributed by atoms with Crippen molar-refractivity contribution in [2.45, 2.75) is 56.1 Å². The number of fused-ring (bicyclic) bond motifs is 1. The van der Waals surface area contributed by atoms with Crippen LogP contribution in [0.3, 0.4) is 0 Å². The number of methoxy groups -OCH3 is 1. The lowest BCUT2D eigenvalue weighted by molar-refractivity contribution is -0.119. The van der Waals surface area contributed by atoms with Gasteiger partial charge in [-0.3, -0.25) is 15.2 Å². The zero-order valence-electron chi connectivity index (χ0n) is 23.6. The summed E-state index contributed by atoms with van der Waals surface area (Å²) in [4.78, 5) is 35.9. The van der Waals surface area contributed by atoms with Crippen molar-refractivity contribution < 1.29 is 27.5 Å². The number of nitrogens with zero attached hydrogens (tertiary/aromatic N) is 5. The van der Waals surface area contributed by atoms with Gasteiger partial charge in [0.25, 0.3) is 5.91 Å². The third-order valence-corrected chi connectivity index (χ3v) is 8.45. The van der Waals surface area contributed by atoms with Gasteiger partial charge in [0.15, 0.2) is 0 Å². The monoisotopic (exact) mass is 585 g/mol. The van der Waals surface area contributed by atoms with Gasteiger partial charge in [-0.25, -0.2) is 27.9 Å². The van der Waals surface area contributed by atoms with E-state index in [4.69, 9.17) is 9.47 Å². The molecule has 1 atom stereocenters. The van der Waals surface area contributed by atoms with Gasteiger partial charge in [-0.15, -0.1) is 0 Å². The lowest BCUT2D eigenvalue weighted by atomic mass is 9.83. The largest absolute Gasteiger partial charge is 0.444 e. The molecule has 0 radical (unpaired) electrons. The minimum atomic E-state index is -3.72. The van der Waals surface area contributed by atoms with Gasteiger partial charge in [-0.1, -0.05) is 0 Å². The Morgan fingerprint density at radius 1 is 1.27 bits per heavy atom. The average molecular weight is 586 g/mol. The number of piperidine rings is 1. The number of amides is 2. The number of ether oxygens (including phenoxy) is 2. The molecule has 1 unspecified atom stereocenters. The molecule has 220 valence electrons. The van der Waals surface area contributed by atoms with Crippen molar-refractivity contribution in [3.05, 3.63) is 36.0 Å². The first kappa shape index (κ1) is 30.2. The van der Waals surface area contributed by atoms with Crippen LogP contribution in [0.4, 0.5) is 10.5 Å². The summed E-state index contributed by atoms with van der Waals surface area (Å²) >= 11 is 0. The Labute approximate surface area is 239 Å². The summed E-state index contributed by atoms with van der Waals surface area (Å²) in [6.45, 7) is 6.56. The maximum absolute atomic E-state index is 12.9. The SMILES string of the molecule is COCCNS(=O)(=O)c1ccc(N=C2NN(C3(CC#N)CCN(C(=O)OC(C)(C)C)CC3)C3=CC=NC(=O)C32)cc1. The molecule has 1 aromatic rings. The highest BCUT2D eigenvalue weighted by molar-refractivity contribution is 7.89. The number of dihydropyridines is 1. The number of nitriles is 1. The highest BCUT2D eigenvalue weighted by Crippen LogP contribution is 2.40. The summed E-state index contributed by atoms with van der Waals surface area (Å²) in [6.07, 6.45) is 3.81. The number of amidine groups is 1. The van der Waals surface area contributed by atoms with Crippen LogP contribution in [0.15, 0.2) is 50.9 Å². The van der Waals surface area contributed by atoms with Crippen LogP contribution in [0, 0.1) is 17.2 Å². The van der Waals surface area contributed by atoms with Gasteiger partial charge in [0.1, 0.15) is 17.4 Å². The quantitative estimate of drug-likeness (QED) is 0.435. The molecular formula is C27H35N7O6S. The Kier molecular flexibility index (Phi) is 8.81. The van der Waals surface area contributed by atoms with Gasteiger partial charge < -0.3 is 14.4 Å². The number of carbonyl (C=O) groups is 2. The Balaban J connectivity index is 1.58. The first-order valence-corrected chi connectivity index (χ1v) is 14.7. The van der Waals surface area contributed by atoms with E-state index in [-0.39, 0.29) is 24.5 Å². The van der Waals surface area contributed by atoms with E-state index >= 15 is 0 Å². The maximum atomic E-state index is 12.9. The van der Waals surface area contributed by atoms with Crippen molar-refractivity contribution in [3.63, 3.8) is 0 Å². The number of benzene rings is 1. The molecule has 2 saturated heterocycles. The Morgan fingerprint density at radius 2 is 1.95 bits per heavy atom. The van der Waals surface area contributed by atoms with Gasteiger partial charge in [0.2, 0.25) is 10.0 Å². The van der Waals surface area contributed by atoms with Crippen molar-refractivity contribution in [2.75, 3.05) is 33.4 Å². The van der Waals surface area contributed by atoms with Crippen molar-refractivity contribution in [1.82, 2.24) is 20.1 Å². The number of likely N-dealkylation sites (tertiary alicyclic amines) is 1. The number of nitrogens with one attached hydrogen (secondary N) is 2. The second-order valence-electron chi connectivity index (χ2n) is 11.0. The molecule has 3 aliphatic rings. The van der Waals surface area contributed by atoms with Crippen molar-refractivity contribution in [3.8, 4) is 6.07 Å². The van der Waals surface area contributed by atoms with E-state index in [1.807, 2.05) is 25.8 Å². The molecule has 13 nitrogen and oxygen atoms in total. The fraction of sp³-hybridized carbons (Fsp3) is 0.519. The standard InChI is InChI=1S/C27H35N7O6S/c1-26(2,3)40-25(36)33-16-11-27(10-13-28,12-17-33)34-21-9-14-29-24(35)22(21)23(32-34)31-19-5-7-20(8-6-19)41(37,38)30-15-18-39-4/h5-9,14,22,30H,10-12,15-18H2,1-4H3,(H,31,32). The van der Waals surface area contributed by atoms with Crippen LogP contribution in [0.5, 0.6) is 0 Å². The van der Waals surface area contributed by atoms with E-state index in [9.17, 15) is 23.3 Å². The van der Waals surface area contributed by atoms with Crippen LogP contribution in [-0.4, -0.2) is 86.9 Å². The minimum absolute atomic E-state index is 0.0715. The lowest BCUT2D eigenvalue weighted by Gasteiger charge is -2.47. The molecule has 0 saturated carbocycles.